The van der Waals surface area contributed by atoms with Gasteiger partial charge >= 0.3 is 5.97 Å². The third-order valence-corrected chi connectivity index (χ3v) is 6.39. The molecular formula is C22H28N2O3. The van der Waals surface area contributed by atoms with Crippen molar-refractivity contribution in [1.29, 1.82) is 0 Å². The van der Waals surface area contributed by atoms with Crippen LogP contribution in [0.15, 0.2) is 30.5 Å². The van der Waals surface area contributed by atoms with E-state index in [0.717, 1.165) is 53.6 Å². The summed E-state index contributed by atoms with van der Waals surface area (Å²) in [6.45, 7) is 5.99. The van der Waals surface area contributed by atoms with E-state index in [0.29, 0.717) is 0 Å². The number of esters is 1. The van der Waals surface area contributed by atoms with Gasteiger partial charge in [-0.15, -0.1) is 0 Å². The van der Waals surface area contributed by atoms with Crippen molar-refractivity contribution in [2.45, 2.75) is 45.3 Å². The molecule has 0 amide bonds. The van der Waals surface area contributed by atoms with Crippen LogP contribution in [-0.4, -0.2) is 42.1 Å². The van der Waals surface area contributed by atoms with Gasteiger partial charge in [0.15, 0.2) is 0 Å². The molecular weight excluding hydrogens is 340 g/mol. The highest BCUT2D eigenvalue weighted by Gasteiger charge is 2.44. The van der Waals surface area contributed by atoms with E-state index in [9.17, 15) is 4.79 Å². The van der Waals surface area contributed by atoms with E-state index in [1.54, 1.807) is 7.11 Å². The lowest BCUT2D eigenvalue weighted by molar-refractivity contribution is -0.155. The zero-order valence-electron chi connectivity index (χ0n) is 16.4. The molecule has 4 unspecified atom stereocenters. The molecule has 0 aliphatic carbocycles. The van der Waals surface area contributed by atoms with E-state index in [1.165, 1.54) is 19.8 Å². The monoisotopic (exact) mass is 368 g/mol. The van der Waals surface area contributed by atoms with Crippen molar-refractivity contribution < 1.29 is 14.3 Å². The summed E-state index contributed by atoms with van der Waals surface area (Å²) in [4.78, 5) is 19.0. The van der Waals surface area contributed by atoms with Crippen LogP contribution in [0, 0.1) is 11.8 Å². The maximum atomic E-state index is 12.0. The third-order valence-electron chi connectivity index (χ3n) is 6.39. The first-order valence-electron chi connectivity index (χ1n) is 9.94. The normalized spacial score (nSPS) is 28.1. The largest absolute Gasteiger partial charge is 0.497 e. The van der Waals surface area contributed by atoms with Crippen molar-refractivity contribution in [1.82, 2.24) is 9.88 Å². The minimum Gasteiger partial charge on any atom is -0.497 e. The third kappa shape index (κ3) is 3.41. The number of pyridine rings is 1. The highest BCUT2D eigenvalue weighted by Crippen LogP contribution is 2.44. The van der Waals surface area contributed by atoms with Crippen molar-refractivity contribution in [2.75, 3.05) is 20.2 Å². The Balaban J connectivity index is 1.75. The van der Waals surface area contributed by atoms with Gasteiger partial charge in [0.05, 0.1) is 18.7 Å². The van der Waals surface area contributed by atoms with Gasteiger partial charge in [-0.3, -0.25) is 14.7 Å². The fraction of sp³-hybridized carbons (Fsp3) is 0.545. The Labute approximate surface area is 160 Å². The minimum absolute atomic E-state index is 0.229. The fourth-order valence-corrected chi connectivity index (χ4v) is 5.01. The SMILES string of the molecule is CCC1CN2CCC1CC2[C@H](OC(C)=O)c1ccnc2ccc(OC)cc12. The van der Waals surface area contributed by atoms with Crippen LogP contribution in [0.1, 0.15) is 44.8 Å². The lowest BCUT2D eigenvalue weighted by Crippen LogP contribution is -2.55. The molecule has 0 N–H and O–H groups in total. The van der Waals surface area contributed by atoms with E-state index < -0.39 is 0 Å². The number of carbonyl (C=O) groups is 1. The molecule has 27 heavy (non-hydrogen) atoms. The Hall–Kier alpha value is -2.14. The second-order valence-electron chi connectivity index (χ2n) is 7.83. The van der Waals surface area contributed by atoms with Crippen LogP contribution in [0.3, 0.4) is 0 Å². The first-order chi connectivity index (χ1) is 13.1. The van der Waals surface area contributed by atoms with Crippen LogP contribution in [0.25, 0.3) is 10.9 Å². The Morgan fingerprint density at radius 3 is 2.89 bits per heavy atom. The number of nitrogens with zero attached hydrogens (tertiary/aromatic N) is 2. The molecule has 144 valence electrons. The molecule has 5 atom stereocenters. The van der Waals surface area contributed by atoms with Gasteiger partial charge in [0.1, 0.15) is 11.9 Å². The zero-order valence-corrected chi connectivity index (χ0v) is 16.4. The van der Waals surface area contributed by atoms with Gasteiger partial charge in [0.2, 0.25) is 0 Å². The van der Waals surface area contributed by atoms with E-state index in [2.05, 4.69) is 16.8 Å². The molecule has 5 heteroatoms. The Morgan fingerprint density at radius 1 is 1.37 bits per heavy atom. The highest BCUT2D eigenvalue weighted by atomic mass is 16.5. The summed E-state index contributed by atoms with van der Waals surface area (Å²) in [5.74, 6) is 2.05. The van der Waals surface area contributed by atoms with Crippen molar-refractivity contribution in [3.8, 4) is 5.75 Å². The average Bonchev–Trinajstić information content (AvgIpc) is 2.71. The Kier molecular flexibility index (Phi) is 5.04. The van der Waals surface area contributed by atoms with Gasteiger partial charge in [-0.2, -0.15) is 0 Å². The van der Waals surface area contributed by atoms with Crippen LogP contribution in [0.2, 0.25) is 0 Å². The quantitative estimate of drug-likeness (QED) is 0.748. The molecule has 5 rings (SSSR count). The lowest BCUT2D eigenvalue weighted by Gasteiger charge is -2.51. The first-order valence-corrected chi connectivity index (χ1v) is 9.94. The number of hydrogen-bond acceptors (Lipinski definition) is 5. The second kappa shape index (κ2) is 7.47. The number of fused-ring (bicyclic) bond motifs is 4. The van der Waals surface area contributed by atoms with Gasteiger partial charge in [0.25, 0.3) is 0 Å². The molecule has 0 spiro atoms. The maximum absolute atomic E-state index is 12.0. The molecule has 3 aliphatic heterocycles. The maximum Gasteiger partial charge on any atom is 0.303 e. The summed E-state index contributed by atoms with van der Waals surface area (Å²) in [5, 5.41) is 0.998. The predicted octanol–water partition coefficient (Wildman–Crippen LogP) is 3.97. The topological polar surface area (TPSA) is 51.7 Å². The van der Waals surface area contributed by atoms with E-state index in [1.807, 2.05) is 30.5 Å². The van der Waals surface area contributed by atoms with Crippen LogP contribution < -0.4 is 4.74 Å². The zero-order chi connectivity index (χ0) is 19.0. The van der Waals surface area contributed by atoms with Gasteiger partial charge < -0.3 is 9.47 Å². The van der Waals surface area contributed by atoms with Crippen LogP contribution in [0.5, 0.6) is 5.75 Å². The number of methoxy groups -OCH3 is 1. The predicted molar refractivity (Wildman–Crippen MR) is 105 cm³/mol. The molecule has 3 fully saturated rings. The number of benzene rings is 1. The molecule has 0 radical (unpaired) electrons. The van der Waals surface area contributed by atoms with E-state index in [4.69, 9.17) is 9.47 Å². The second-order valence-corrected chi connectivity index (χ2v) is 7.83. The van der Waals surface area contributed by atoms with E-state index in [-0.39, 0.29) is 18.1 Å². The summed E-state index contributed by atoms with van der Waals surface area (Å²) in [6.07, 6.45) is 5.10. The van der Waals surface area contributed by atoms with Gasteiger partial charge in [-0.25, -0.2) is 0 Å². The van der Waals surface area contributed by atoms with Crippen LogP contribution in [0.4, 0.5) is 0 Å². The minimum atomic E-state index is -0.277. The van der Waals surface area contributed by atoms with Crippen LogP contribution in [-0.2, 0) is 9.53 Å². The highest BCUT2D eigenvalue weighted by molar-refractivity contribution is 5.84. The number of rotatable bonds is 5. The number of hydrogen-bond donors (Lipinski definition) is 0. The number of ether oxygens (including phenoxy) is 2. The van der Waals surface area contributed by atoms with Gasteiger partial charge in [-0.1, -0.05) is 13.3 Å². The lowest BCUT2D eigenvalue weighted by atomic mass is 9.72. The molecule has 3 saturated heterocycles. The van der Waals surface area contributed by atoms with E-state index >= 15 is 0 Å². The number of piperidine rings is 3. The van der Waals surface area contributed by atoms with Crippen molar-refractivity contribution >= 4 is 16.9 Å². The molecule has 5 nitrogen and oxygen atoms in total. The summed E-state index contributed by atoms with van der Waals surface area (Å²) >= 11 is 0. The van der Waals surface area contributed by atoms with Crippen molar-refractivity contribution in [3.63, 3.8) is 0 Å². The van der Waals surface area contributed by atoms with Gasteiger partial charge in [0, 0.05) is 30.6 Å². The molecule has 1 aromatic carbocycles. The fourth-order valence-electron chi connectivity index (χ4n) is 5.01. The molecule has 1 aromatic heterocycles. The molecule has 4 heterocycles. The smallest absolute Gasteiger partial charge is 0.303 e. The van der Waals surface area contributed by atoms with Crippen LogP contribution >= 0.6 is 0 Å². The summed E-state index contributed by atoms with van der Waals surface area (Å²) < 4.78 is 11.3. The summed E-state index contributed by atoms with van der Waals surface area (Å²) in [6, 6.07) is 8.10. The number of aromatic nitrogens is 1. The standard InChI is InChI=1S/C22H28N2O3/c1-4-15-13-24-10-8-16(15)11-21(24)22(27-14(2)25)18-7-9-23-20-6-5-17(26-3)12-19(18)20/h5-7,9,12,15-16,21-22H,4,8,10-11,13H2,1-3H3/t15?,16?,21?,22-/m1/s1. The Morgan fingerprint density at radius 2 is 2.22 bits per heavy atom. The molecule has 3 aliphatic rings. The molecule has 0 saturated carbocycles. The van der Waals surface area contributed by atoms with Gasteiger partial charge in [-0.05, 0) is 55.5 Å². The molecule has 2 aromatic rings. The Bertz CT molecular complexity index is 837. The van der Waals surface area contributed by atoms with Crippen molar-refractivity contribution in [3.05, 3.63) is 36.0 Å². The summed E-state index contributed by atoms with van der Waals surface area (Å²) in [7, 11) is 1.66. The first kappa shape index (κ1) is 18.2. The van der Waals surface area contributed by atoms with Crippen molar-refractivity contribution in [2.24, 2.45) is 11.8 Å². The number of carbonyl (C=O) groups excluding carboxylic acids is 1. The molecule has 2 bridgehead atoms. The average molecular weight is 368 g/mol. The summed E-state index contributed by atoms with van der Waals surface area (Å²) in [5.41, 5.74) is 1.92.